The second-order valence-electron chi connectivity index (χ2n) is 13.3. The molecule has 0 aromatic carbocycles. The number of rotatable bonds is 4. The Labute approximate surface area is 247 Å². The molecule has 4 aromatic rings. The molecule has 1 aliphatic carbocycles. The van der Waals surface area contributed by atoms with Crippen molar-refractivity contribution in [1.29, 1.82) is 0 Å². The molecule has 1 amide bonds. The summed E-state index contributed by atoms with van der Waals surface area (Å²) in [4.78, 5) is 31.9. The van der Waals surface area contributed by atoms with Crippen LogP contribution in [0.3, 0.4) is 0 Å². The van der Waals surface area contributed by atoms with E-state index in [0.717, 1.165) is 18.4 Å². The molecule has 1 saturated carbocycles. The first kappa shape index (κ1) is 28.9. The van der Waals surface area contributed by atoms with Gasteiger partial charge in [-0.2, -0.15) is 5.10 Å². The molecule has 12 nitrogen and oxygen atoms in total. The van der Waals surface area contributed by atoms with Crippen LogP contribution >= 0.6 is 0 Å². The number of likely N-dealkylation sites (tertiary alicyclic amines) is 1. The van der Waals surface area contributed by atoms with Crippen LogP contribution in [0.5, 0.6) is 0 Å². The summed E-state index contributed by atoms with van der Waals surface area (Å²) in [5.41, 5.74) is 7.36. The highest BCUT2D eigenvalue weighted by molar-refractivity contribution is 6.00. The van der Waals surface area contributed by atoms with Gasteiger partial charge in [0.1, 0.15) is 29.1 Å². The number of aromatic nitrogens is 7. The Morgan fingerprint density at radius 1 is 1.05 bits per heavy atom. The van der Waals surface area contributed by atoms with E-state index in [1.165, 1.54) is 6.33 Å². The van der Waals surface area contributed by atoms with Crippen LogP contribution in [0.2, 0.25) is 0 Å². The number of carbonyl (C=O) groups excluding carboxylic acids is 1. The predicted octanol–water partition coefficient (Wildman–Crippen LogP) is 5.51. The lowest BCUT2D eigenvalue weighted by Gasteiger charge is -2.33. The molecule has 4 aromatic heterocycles. The number of amides is 1. The molecule has 5 heterocycles. The summed E-state index contributed by atoms with van der Waals surface area (Å²) in [5, 5.41) is 9.42. The van der Waals surface area contributed by atoms with Gasteiger partial charge in [0.05, 0.1) is 22.4 Å². The maximum absolute atomic E-state index is 14.3. The van der Waals surface area contributed by atoms with Gasteiger partial charge in [0.15, 0.2) is 17.2 Å². The Morgan fingerprint density at radius 2 is 1.70 bits per heavy atom. The lowest BCUT2D eigenvalue weighted by molar-refractivity contribution is 0.0204. The Kier molecular flexibility index (Phi) is 6.66. The molecule has 2 fully saturated rings. The minimum absolute atomic E-state index is 0.00676. The van der Waals surface area contributed by atoms with E-state index in [2.05, 4.69) is 25.1 Å². The summed E-state index contributed by atoms with van der Waals surface area (Å²) >= 11 is 0. The predicted molar refractivity (Wildman–Crippen MR) is 153 cm³/mol. The number of ether oxygens (including phenoxy) is 1. The SMILES string of the molecule is CC(C)(C)OC(=O)N1CCC(c2cnc(-c3c(-c4nn(C(C)(C)C)c5ncnc(N)c45)noc3C3CC3(F)F)nc2)CC1. The van der Waals surface area contributed by atoms with E-state index in [9.17, 15) is 13.6 Å². The highest BCUT2D eigenvalue weighted by Crippen LogP contribution is 2.58. The smallest absolute Gasteiger partial charge is 0.410 e. The van der Waals surface area contributed by atoms with Crippen molar-refractivity contribution in [3.8, 4) is 22.8 Å². The van der Waals surface area contributed by atoms with Gasteiger partial charge in [-0.25, -0.2) is 38.2 Å². The van der Waals surface area contributed by atoms with E-state index in [-0.39, 0.29) is 47.1 Å². The van der Waals surface area contributed by atoms with Crippen molar-refractivity contribution in [1.82, 2.24) is 39.8 Å². The van der Waals surface area contributed by atoms with E-state index in [1.807, 2.05) is 41.5 Å². The zero-order chi connectivity index (χ0) is 30.9. The fourth-order valence-corrected chi connectivity index (χ4v) is 5.42. The van der Waals surface area contributed by atoms with Crippen molar-refractivity contribution in [2.45, 2.75) is 89.7 Å². The standard InChI is InChI=1S/C29H35F2N9O3/c1-27(2,3)40-25-19(23(32)35-14-36-25)20(37-40)21-18(22(43-38-21)17-11-29(17,30)31)24-33-12-16(13-34-24)15-7-9-39(10-8-15)26(41)42-28(4,5)6/h12-15,17H,7-11H2,1-6H3,(H2,32,35,36). The lowest BCUT2D eigenvalue weighted by Crippen LogP contribution is -2.41. The summed E-state index contributed by atoms with van der Waals surface area (Å²) < 4.78 is 41.4. The molecular formula is C29H35F2N9O3. The first-order chi connectivity index (χ1) is 20.1. The maximum Gasteiger partial charge on any atom is 0.410 e. The Hall–Kier alpha value is -4.23. The fraction of sp³-hybridized carbons (Fsp3) is 0.552. The molecule has 2 N–H and O–H groups in total. The number of piperidine rings is 1. The number of carbonyl (C=O) groups is 1. The van der Waals surface area contributed by atoms with Crippen LogP contribution in [-0.4, -0.2) is 70.5 Å². The van der Waals surface area contributed by atoms with Crippen molar-refractivity contribution in [3.05, 3.63) is 30.0 Å². The Balaban J connectivity index is 1.34. The zero-order valence-corrected chi connectivity index (χ0v) is 25.1. The second kappa shape index (κ2) is 9.91. The molecule has 0 radical (unpaired) electrons. The van der Waals surface area contributed by atoms with Crippen LogP contribution in [0.25, 0.3) is 33.8 Å². The van der Waals surface area contributed by atoms with Gasteiger partial charge >= 0.3 is 6.09 Å². The van der Waals surface area contributed by atoms with Crippen LogP contribution < -0.4 is 5.73 Å². The van der Waals surface area contributed by atoms with Crippen LogP contribution in [0.15, 0.2) is 23.2 Å². The van der Waals surface area contributed by atoms with Crippen molar-refractivity contribution >= 4 is 22.9 Å². The topological polar surface area (TPSA) is 151 Å². The molecule has 1 saturated heterocycles. The van der Waals surface area contributed by atoms with Gasteiger partial charge in [0, 0.05) is 31.9 Å². The molecule has 1 unspecified atom stereocenters. The molecule has 0 bridgehead atoms. The molecule has 0 spiro atoms. The highest BCUT2D eigenvalue weighted by Gasteiger charge is 2.61. The molecule has 228 valence electrons. The molecule has 1 aliphatic heterocycles. The summed E-state index contributed by atoms with van der Waals surface area (Å²) in [6.07, 6.45) is 5.51. The van der Waals surface area contributed by atoms with Gasteiger partial charge in [0.25, 0.3) is 5.92 Å². The Morgan fingerprint density at radius 3 is 2.28 bits per heavy atom. The van der Waals surface area contributed by atoms with Gasteiger partial charge in [-0.1, -0.05) is 5.16 Å². The minimum Gasteiger partial charge on any atom is -0.444 e. The molecule has 14 heteroatoms. The van der Waals surface area contributed by atoms with Crippen LogP contribution in [0.4, 0.5) is 19.4 Å². The number of halogens is 2. The normalized spacial score (nSPS) is 19.2. The second-order valence-corrected chi connectivity index (χ2v) is 13.3. The molecule has 2 aliphatic rings. The zero-order valence-electron chi connectivity index (χ0n) is 25.1. The van der Waals surface area contributed by atoms with Crippen molar-refractivity contribution < 1.29 is 22.8 Å². The van der Waals surface area contributed by atoms with Gasteiger partial charge in [-0.15, -0.1) is 0 Å². The molecule has 1 atom stereocenters. The summed E-state index contributed by atoms with van der Waals surface area (Å²) in [7, 11) is 0. The van der Waals surface area contributed by atoms with Crippen LogP contribution in [-0.2, 0) is 10.3 Å². The van der Waals surface area contributed by atoms with Crippen LogP contribution in [0, 0.1) is 0 Å². The van der Waals surface area contributed by atoms with Crippen LogP contribution in [0.1, 0.15) is 84.0 Å². The summed E-state index contributed by atoms with van der Waals surface area (Å²) in [5.74, 6) is -3.55. The molecule has 6 rings (SSSR count). The average molecular weight is 596 g/mol. The largest absolute Gasteiger partial charge is 0.444 e. The number of hydrogen-bond acceptors (Lipinski definition) is 10. The number of nitrogens with zero attached hydrogens (tertiary/aromatic N) is 8. The van der Waals surface area contributed by atoms with Gasteiger partial charge in [-0.3, -0.25) is 0 Å². The van der Waals surface area contributed by atoms with Gasteiger partial charge in [0.2, 0.25) is 0 Å². The number of nitrogens with two attached hydrogens (primary N) is 1. The summed E-state index contributed by atoms with van der Waals surface area (Å²) in [6, 6.07) is 0. The van der Waals surface area contributed by atoms with E-state index in [1.54, 1.807) is 22.0 Å². The number of hydrogen-bond donors (Lipinski definition) is 1. The van der Waals surface area contributed by atoms with Gasteiger partial charge < -0.3 is 19.9 Å². The van der Waals surface area contributed by atoms with E-state index < -0.39 is 23.0 Å². The summed E-state index contributed by atoms with van der Waals surface area (Å²) in [6.45, 7) is 12.5. The molecular weight excluding hydrogens is 560 g/mol. The van der Waals surface area contributed by atoms with E-state index in [4.69, 9.17) is 20.1 Å². The third-order valence-corrected chi connectivity index (χ3v) is 7.73. The minimum atomic E-state index is -2.91. The highest BCUT2D eigenvalue weighted by atomic mass is 19.3. The third kappa shape index (κ3) is 5.38. The number of alkyl halides is 2. The lowest BCUT2D eigenvalue weighted by atomic mass is 9.91. The van der Waals surface area contributed by atoms with E-state index >= 15 is 0 Å². The number of fused-ring (bicyclic) bond motifs is 1. The number of nitrogen functional groups attached to an aromatic ring is 1. The van der Waals surface area contributed by atoms with Crippen molar-refractivity contribution in [3.63, 3.8) is 0 Å². The fourth-order valence-electron chi connectivity index (χ4n) is 5.42. The monoisotopic (exact) mass is 595 g/mol. The molecule has 43 heavy (non-hydrogen) atoms. The Bertz CT molecular complexity index is 1680. The number of anilines is 1. The maximum atomic E-state index is 14.3. The average Bonchev–Trinajstić information content (AvgIpc) is 3.25. The van der Waals surface area contributed by atoms with Crippen molar-refractivity contribution in [2.24, 2.45) is 0 Å². The third-order valence-electron chi connectivity index (χ3n) is 7.73. The first-order valence-electron chi connectivity index (χ1n) is 14.3. The first-order valence-corrected chi connectivity index (χ1v) is 14.3. The van der Waals surface area contributed by atoms with Crippen molar-refractivity contribution in [2.75, 3.05) is 18.8 Å². The van der Waals surface area contributed by atoms with Gasteiger partial charge in [-0.05, 0) is 65.9 Å². The van der Waals surface area contributed by atoms with E-state index in [0.29, 0.717) is 29.8 Å². The quantitative estimate of drug-likeness (QED) is 0.320.